The number of benzene rings is 2. The molecule has 3 aromatic rings. The Hall–Kier alpha value is -2.43. The van der Waals surface area contributed by atoms with Gasteiger partial charge in [0.25, 0.3) is 15.7 Å². The van der Waals surface area contributed by atoms with Gasteiger partial charge in [-0.15, -0.1) is 0 Å². The number of rotatable bonds is 6. The lowest BCUT2D eigenvalue weighted by molar-refractivity contribution is -0.387. The van der Waals surface area contributed by atoms with Gasteiger partial charge in [0, 0.05) is 17.3 Å². The van der Waals surface area contributed by atoms with Gasteiger partial charge in [0.15, 0.2) is 10.7 Å². The number of sulfonamides is 1. The minimum atomic E-state index is -4.20. The zero-order valence-corrected chi connectivity index (χ0v) is 16.7. The quantitative estimate of drug-likeness (QED) is 0.431. The topological polar surface area (TPSA) is 107 Å². The smallest absolute Gasteiger partial charge is 0.265 e. The van der Waals surface area contributed by atoms with E-state index < -0.39 is 25.5 Å². The molecular formula is C16H12BrClN4O4S. The fourth-order valence-corrected chi connectivity index (χ4v) is 4.30. The zero-order valence-electron chi connectivity index (χ0n) is 13.5. The van der Waals surface area contributed by atoms with Crippen molar-refractivity contribution in [3.63, 3.8) is 0 Å². The van der Waals surface area contributed by atoms with E-state index in [2.05, 4.69) is 25.8 Å². The van der Waals surface area contributed by atoms with Crippen molar-refractivity contribution in [2.75, 3.05) is 4.72 Å². The second-order valence-corrected chi connectivity index (χ2v) is 8.36. The fourth-order valence-electron chi connectivity index (χ4n) is 2.37. The van der Waals surface area contributed by atoms with Crippen molar-refractivity contribution in [3.05, 3.63) is 79.9 Å². The van der Waals surface area contributed by atoms with Crippen molar-refractivity contribution in [1.82, 2.24) is 9.78 Å². The number of anilines is 1. The van der Waals surface area contributed by atoms with Gasteiger partial charge in [-0.25, -0.2) is 8.42 Å². The van der Waals surface area contributed by atoms with Crippen LogP contribution >= 0.6 is 27.5 Å². The maximum atomic E-state index is 12.6. The Bertz CT molecular complexity index is 1120. The van der Waals surface area contributed by atoms with Crippen LogP contribution in [0.5, 0.6) is 0 Å². The Morgan fingerprint density at radius 1 is 1.19 bits per heavy atom. The lowest BCUT2D eigenvalue weighted by Gasteiger charge is -2.07. The molecule has 11 heteroatoms. The van der Waals surface area contributed by atoms with Crippen LogP contribution in [0.3, 0.4) is 0 Å². The Balaban J connectivity index is 1.89. The molecule has 1 aromatic heterocycles. The molecule has 0 unspecified atom stereocenters. The summed E-state index contributed by atoms with van der Waals surface area (Å²) in [6, 6.07) is 12.3. The van der Waals surface area contributed by atoms with Crippen molar-refractivity contribution in [2.24, 2.45) is 0 Å². The molecule has 8 nitrogen and oxygen atoms in total. The fraction of sp³-hybridized carbons (Fsp3) is 0.0625. The van der Waals surface area contributed by atoms with E-state index in [9.17, 15) is 18.5 Å². The average Bonchev–Trinajstić information content (AvgIpc) is 2.95. The summed E-state index contributed by atoms with van der Waals surface area (Å²) >= 11 is 9.37. The second kappa shape index (κ2) is 7.67. The number of hydrogen-bond donors (Lipinski definition) is 1. The number of nitrogens with one attached hydrogen (secondary N) is 1. The Morgan fingerprint density at radius 2 is 1.85 bits per heavy atom. The molecule has 27 heavy (non-hydrogen) atoms. The van der Waals surface area contributed by atoms with E-state index >= 15 is 0 Å². The number of aromatic nitrogens is 2. The van der Waals surface area contributed by atoms with E-state index in [0.29, 0.717) is 16.0 Å². The van der Waals surface area contributed by atoms with Crippen molar-refractivity contribution >= 4 is 49.1 Å². The van der Waals surface area contributed by atoms with Crippen LogP contribution in [0.4, 0.5) is 11.5 Å². The van der Waals surface area contributed by atoms with Gasteiger partial charge in [0.1, 0.15) is 0 Å². The third-order valence-electron chi connectivity index (χ3n) is 3.59. The molecule has 0 aliphatic carbocycles. The SMILES string of the molecule is O=[N+]([O-])c1ccccc1S(=O)(=O)Nc1nn(Cc2ccccc2Cl)cc1Br. The van der Waals surface area contributed by atoms with E-state index in [1.807, 2.05) is 12.1 Å². The van der Waals surface area contributed by atoms with E-state index in [-0.39, 0.29) is 5.82 Å². The molecule has 1 N–H and O–H groups in total. The highest BCUT2D eigenvalue weighted by Crippen LogP contribution is 2.28. The van der Waals surface area contributed by atoms with Crippen LogP contribution in [-0.2, 0) is 16.6 Å². The Morgan fingerprint density at radius 3 is 2.56 bits per heavy atom. The molecule has 1 heterocycles. The molecule has 0 bridgehead atoms. The van der Waals surface area contributed by atoms with Gasteiger partial charge >= 0.3 is 0 Å². The Labute approximate surface area is 168 Å². The highest BCUT2D eigenvalue weighted by Gasteiger charge is 2.26. The average molecular weight is 472 g/mol. The molecule has 0 spiro atoms. The molecule has 140 valence electrons. The van der Waals surface area contributed by atoms with Gasteiger partial charge < -0.3 is 0 Å². The van der Waals surface area contributed by atoms with Crippen molar-refractivity contribution in [3.8, 4) is 0 Å². The minimum absolute atomic E-state index is 0.0141. The second-order valence-electron chi connectivity index (χ2n) is 5.44. The van der Waals surface area contributed by atoms with Crippen LogP contribution in [0.2, 0.25) is 5.02 Å². The number of nitrogens with zero attached hydrogens (tertiary/aromatic N) is 3. The lowest BCUT2D eigenvalue weighted by Crippen LogP contribution is -2.15. The first-order valence-corrected chi connectivity index (χ1v) is 10.2. The van der Waals surface area contributed by atoms with Gasteiger partial charge in [0.2, 0.25) is 0 Å². The molecule has 0 amide bonds. The summed E-state index contributed by atoms with van der Waals surface area (Å²) in [6.45, 7) is 0.325. The van der Waals surface area contributed by atoms with E-state index in [0.717, 1.165) is 17.7 Å². The maximum Gasteiger partial charge on any atom is 0.289 e. The number of halogens is 2. The molecule has 0 atom stereocenters. The molecule has 3 rings (SSSR count). The number of nitro groups is 1. The summed E-state index contributed by atoms with van der Waals surface area (Å²) in [5.74, 6) is 0.0141. The maximum absolute atomic E-state index is 12.6. The zero-order chi connectivity index (χ0) is 19.6. The summed E-state index contributed by atoms with van der Waals surface area (Å²) in [7, 11) is -4.20. The normalized spacial score (nSPS) is 11.3. The molecule has 0 aliphatic rings. The Kier molecular flexibility index (Phi) is 5.49. The summed E-state index contributed by atoms with van der Waals surface area (Å²) in [6.07, 6.45) is 1.58. The predicted octanol–water partition coefficient (Wildman–Crippen LogP) is 4.06. The van der Waals surface area contributed by atoms with Crippen LogP contribution in [0.15, 0.2) is 64.1 Å². The van der Waals surface area contributed by atoms with Crippen molar-refractivity contribution in [2.45, 2.75) is 11.4 Å². The molecule has 0 radical (unpaired) electrons. The standard InChI is InChI=1S/C16H12BrClN4O4S/c17-12-10-21(9-11-5-1-2-6-13(11)18)19-16(12)20-27(25,26)15-8-4-3-7-14(15)22(23)24/h1-8,10H,9H2,(H,19,20). The van der Waals surface area contributed by atoms with Crippen LogP contribution < -0.4 is 4.72 Å². The lowest BCUT2D eigenvalue weighted by atomic mass is 10.2. The summed E-state index contributed by atoms with van der Waals surface area (Å²) in [4.78, 5) is 9.91. The van der Waals surface area contributed by atoms with Crippen LogP contribution in [0, 0.1) is 10.1 Å². The van der Waals surface area contributed by atoms with E-state index in [4.69, 9.17) is 11.6 Å². The van der Waals surface area contributed by atoms with Gasteiger partial charge in [-0.05, 0) is 33.6 Å². The summed E-state index contributed by atoms with van der Waals surface area (Å²) in [5.41, 5.74) is 0.291. The molecule has 0 fully saturated rings. The van der Waals surface area contributed by atoms with Gasteiger partial charge in [-0.3, -0.25) is 19.5 Å². The number of para-hydroxylation sites is 1. The van der Waals surface area contributed by atoms with Gasteiger partial charge in [0.05, 0.1) is 15.9 Å². The predicted molar refractivity (Wildman–Crippen MR) is 104 cm³/mol. The molecular weight excluding hydrogens is 460 g/mol. The summed E-state index contributed by atoms with van der Waals surface area (Å²) < 4.78 is 29.4. The van der Waals surface area contributed by atoms with Crippen molar-refractivity contribution in [1.29, 1.82) is 0 Å². The summed E-state index contributed by atoms with van der Waals surface area (Å²) in [5, 5.41) is 15.8. The highest BCUT2D eigenvalue weighted by molar-refractivity contribution is 9.10. The number of nitro benzene ring substituents is 1. The minimum Gasteiger partial charge on any atom is -0.265 e. The van der Waals surface area contributed by atoms with Crippen LogP contribution in [-0.4, -0.2) is 23.1 Å². The third-order valence-corrected chi connectivity index (χ3v) is 5.93. The first-order chi connectivity index (χ1) is 12.8. The highest BCUT2D eigenvalue weighted by atomic mass is 79.9. The van der Waals surface area contributed by atoms with Gasteiger partial charge in [-0.2, -0.15) is 5.10 Å². The number of hydrogen-bond acceptors (Lipinski definition) is 5. The van der Waals surface area contributed by atoms with E-state index in [1.54, 1.807) is 18.3 Å². The molecule has 0 saturated heterocycles. The van der Waals surface area contributed by atoms with Gasteiger partial charge in [-0.1, -0.05) is 41.9 Å². The third kappa shape index (κ3) is 4.29. The molecule has 0 saturated carbocycles. The van der Waals surface area contributed by atoms with Crippen molar-refractivity contribution < 1.29 is 13.3 Å². The van der Waals surface area contributed by atoms with E-state index in [1.165, 1.54) is 16.8 Å². The first-order valence-electron chi connectivity index (χ1n) is 7.50. The van der Waals surface area contributed by atoms with Crippen LogP contribution in [0.1, 0.15) is 5.56 Å². The largest absolute Gasteiger partial charge is 0.289 e. The monoisotopic (exact) mass is 470 g/mol. The molecule has 2 aromatic carbocycles. The molecule has 0 aliphatic heterocycles. The van der Waals surface area contributed by atoms with Crippen LogP contribution in [0.25, 0.3) is 0 Å². The first kappa shape index (κ1) is 19.3.